The van der Waals surface area contributed by atoms with Crippen LogP contribution in [0.1, 0.15) is 18.1 Å². The summed E-state index contributed by atoms with van der Waals surface area (Å²) in [6.45, 7) is 1.81. The summed E-state index contributed by atoms with van der Waals surface area (Å²) in [5.74, 6) is 0.111. The van der Waals surface area contributed by atoms with E-state index in [2.05, 4.69) is 5.32 Å². The summed E-state index contributed by atoms with van der Waals surface area (Å²) in [5.41, 5.74) is 1.32. The molecule has 2 aromatic carbocycles. The second-order valence-corrected chi connectivity index (χ2v) is 6.36. The molecule has 0 saturated heterocycles. The lowest BCUT2D eigenvalue weighted by Crippen LogP contribution is -2.13. The first-order valence-corrected chi connectivity index (χ1v) is 9.48. The third-order valence-corrected chi connectivity index (χ3v) is 4.23. The number of carbonyl (C=O) groups excluding carboxylic acids is 2. The van der Waals surface area contributed by atoms with Gasteiger partial charge in [0.1, 0.15) is 17.9 Å². The van der Waals surface area contributed by atoms with Crippen LogP contribution in [-0.2, 0) is 20.9 Å². The number of benzene rings is 2. The molecule has 0 saturated carbocycles. The maximum Gasteiger partial charge on any atom is 0.411 e. The zero-order valence-corrected chi connectivity index (χ0v) is 17.0. The van der Waals surface area contributed by atoms with E-state index in [-0.39, 0.29) is 18.8 Å². The maximum atomic E-state index is 12.1. The lowest BCUT2D eigenvalue weighted by molar-refractivity contribution is -0.138. The van der Waals surface area contributed by atoms with Crippen LogP contribution in [0.4, 0.5) is 10.5 Å². The molecule has 1 heterocycles. The van der Waals surface area contributed by atoms with Crippen molar-refractivity contribution in [1.29, 1.82) is 0 Å². The largest absolute Gasteiger partial charge is 0.497 e. The highest BCUT2D eigenvalue weighted by molar-refractivity contribution is 5.90. The molecule has 3 aromatic rings. The molecule has 0 spiro atoms. The summed E-state index contributed by atoms with van der Waals surface area (Å²) < 4.78 is 20.4. The summed E-state index contributed by atoms with van der Waals surface area (Å²) in [4.78, 5) is 35.6. The van der Waals surface area contributed by atoms with Crippen LogP contribution in [0, 0.1) is 0 Å². The molecule has 0 bridgehead atoms. The molecule has 0 fully saturated rings. The smallest absolute Gasteiger partial charge is 0.411 e. The van der Waals surface area contributed by atoms with Gasteiger partial charge in [-0.15, -0.1) is 0 Å². The van der Waals surface area contributed by atoms with Crippen molar-refractivity contribution in [1.82, 2.24) is 0 Å². The SMILES string of the molecule is CCOC(=O)Nc1ccc2c(COC(=O)/C=C/c3cccc(OC)c3)cc(=O)oc2c1. The van der Waals surface area contributed by atoms with Crippen molar-refractivity contribution in [2.24, 2.45) is 0 Å². The second kappa shape index (κ2) is 10.1. The number of carbonyl (C=O) groups is 2. The van der Waals surface area contributed by atoms with Crippen molar-refractivity contribution in [3.63, 3.8) is 0 Å². The highest BCUT2D eigenvalue weighted by atomic mass is 16.5. The molecular weight excluding hydrogens is 402 g/mol. The summed E-state index contributed by atoms with van der Waals surface area (Å²) in [5, 5.41) is 3.12. The molecule has 8 heteroatoms. The Morgan fingerprint density at radius 2 is 1.94 bits per heavy atom. The molecule has 8 nitrogen and oxygen atoms in total. The molecule has 31 heavy (non-hydrogen) atoms. The monoisotopic (exact) mass is 423 g/mol. The minimum absolute atomic E-state index is 0.117. The van der Waals surface area contributed by atoms with Gasteiger partial charge in [0, 0.05) is 34.8 Å². The van der Waals surface area contributed by atoms with Crippen LogP contribution in [0.2, 0.25) is 0 Å². The van der Waals surface area contributed by atoms with E-state index in [1.54, 1.807) is 44.4 Å². The van der Waals surface area contributed by atoms with Crippen molar-refractivity contribution in [2.75, 3.05) is 19.0 Å². The van der Waals surface area contributed by atoms with Gasteiger partial charge < -0.3 is 18.6 Å². The Bertz CT molecular complexity index is 1180. The normalized spacial score (nSPS) is 10.8. The maximum absolute atomic E-state index is 12.1. The van der Waals surface area contributed by atoms with Gasteiger partial charge in [-0.05, 0) is 42.8 Å². The average molecular weight is 423 g/mol. The van der Waals surface area contributed by atoms with Gasteiger partial charge in [0.05, 0.1) is 13.7 Å². The highest BCUT2D eigenvalue weighted by Crippen LogP contribution is 2.22. The Morgan fingerprint density at radius 3 is 2.71 bits per heavy atom. The van der Waals surface area contributed by atoms with Crippen molar-refractivity contribution in [3.8, 4) is 5.75 Å². The molecule has 0 unspecified atom stereocenters. The summed E-state index contributed by atoms with van der Waals surface area (Å²) in [6.07, 6.45) is 2.29. The van der Waals surface area contributed by atoms with Crippen LogP contribution >= 0.6 is 0 Å². The summed E-state index contributed by atoms with van der Waals surface area (Å²) in [7, 11) is 1.56. The number of esters is 1. The lowest BCUT2D eigenvalue weighted by Gasteiger charge is -2.08. The summed E-state index contributed by atoms with van der Waals surface area (Å²) >= 11 is 0. The fourth-order valence-electron chi connectivity index (χ4n) is 2.82. The van der Waals surface area contributed by atoms with Crippen molar-refractivity contribution >= 4 is 34.8 Å². The zero-order valence-electron chi connectivity index (χ0n) is 17.0. The molecule has 0 atom stereocenters. The molecule has 0 radical (unpaired) electrons. The van der Waals surface area contributed by atoms with Crippen LogP contribution in [0.15, 0.2) is 63.8 Å². The van der Waals surface area contributed by atoms with Gasteiger partial charge in [0.2, 0.25) is 0 Å². The van der Waals surface area contributed by atoms with Gasteiger partial charge in [0.15, 0.2) is 0 Å². The predicted octanol–water partition coefficient (Wildman–Crippen LogP) is 4.13. The quantitative estimate of drug-likeness (QED) is 0.346. The Balaban J connectivity index is 1.71. The van der Waals surface area contributed by atoms with Crippen molar-refractivity contribution in [2.45, 2.75) is 13.5 Å². The molecular formula is C23H21NO7. The fourth-order valence-corrected chi connectivity index (χ4v) is 2.82. The number of rotatable bonds is 7. The van der Waals surface area contributed by atoms with Crippen molar-refractivity contribution < 1.29 is 28.2 Å². The van der Waals surface area contributed by atoms with E-state index in [9.17, 15) is 14.4 Å². The molecule has 0 aliphatic heterocycles. The highest BCUT2D eigenvalue weighted by Gasteiger charge is 2.10. The fraction of sp³-hybridized carbons (Fsp3) is 0.174. The number of nitrogens with one attached hydrogen (secondary N) is 1. The van der Waals surface area contributed by atoms with Crippen LogP contribution in [0.25, 0.3) is 17.0 Å². The van der Waals surface area contributed by atoms with Gasteiger partial charge in [-0.25, -0.2) is 14.4 Å². The van der Waals surface area contributed by atoms with Crippen LogP contribution in [0.5, 0.6) is 5.75 Å². The van der Waals surface area contributed by atoms with Crippen molar-refractivity contribution in [3.05, 3.63) is 76.2 Å². The minimum Gasteiger partial charge on any atom is -0.497 e. The van der Waals surface area contributed by atoms with E-state index in [4.69, 9.17) is 18.6 Å². The molecule has 0 aliphatic rings. The third-order valence-electron chi connectivity index (χ3n) is 4.23. The second-order valence-electron chi connectivity index (χ2n) is 6.36. The van der Waals surface area contributed by atoms with E-state index < -0.39 is 17.7 Å². The third kappa shape index (κ3) is 5.96. The Morgan fingerprint density at radius 1 is 1.10 bits per heavy atom. The first-order valence-electron chi connectivity index (χ1n) is 9.48. The van der Waals surface area contributed by atoms with Crippen LogP contribution in [-0.4, -0.2) is 25.8 Å². The number of fused-ring (bicyclic) bond motifs is 1. The van der Waals surface area contributed by atoms with E-state index in [1.165, 1.54) is 18.2 Å². The first kappa shape index (κ1) is 21.6. The van der Waals surface area contributed by atoms with E-state index >= 15 is 0 Å². The Labute approximate surface area is 178 Å². The molecule has 3 rings (SSSR count). The minimum atomic E-state index is -0.614. The molecule has 160 valence electrons. The number of hydrogen-bond donors (Lipinski definition) is 1. The standard InChI is InChI=1S/C23H21NO7/c1-3-29-23(27)24-17-8-9-19-16(12-22(26)31-20(19)13-17)14-30-21(25)10-7-15-5-4-6-18(11-15)28-2/h4-13H,3,14H2,1-2H3,(H,24,27)/b10-7+. The van der Waals surface area contributed by atoms with Crippen LogP contribution in [0.3, 0.4) is 0 Å². The van der Waals surface area contributed by atoms with Gasteiger partial charge in [0.25, 0.3) is 0 Å². The molecule has 1 N–H and O–H groups in total. The van der Waals surface area contributed by atoms with E-state index in [1.807, 2.05) is 12.1 Å². The number of methoxy groups -OCH3 is 1. The van der Waals surface area contributed by atoms with Gasteiger partial charge in [-0.3, -0.25) is 5.32 Å². The van der Waals surface area contributed by atoms with Gasteiger partial charge in [-0.1, -0.05) is 12.1 Å². The molecule has 0 aliphatic carbocycles. The summed E-state index contributed by atoms with van der Waals surface area (Å²) in [6, 6.07) is 13.3. The number of anilines is 1. The molecule has 1 amide bonds. The number of ether oxygens (including phenoxy) is 3. The van der Waals surface area contributed by atoms with Crippen LogP contribution < -0.4 is 15.7 Å². The first-order chi connectivity index (χ1) is 15.0. The lowest BCUT2D eigenvalue weighted by atomic mass is 10.1. The Hall–Kier alpha value is -4.07. The predicted molar refractivity (Wildman–Crippen MR) is 115 cm³/mol. The number of amides is 1. The number of hydrogen-bond acceptors (Lipinski definition) is 7. The zero-order chi connectivity index (χ0) is 22.2. The van der Waals surface area contributed by atoms with E-state index in [0.29, 0.717) is 22.4 Å². The average Bonchev–Trinajstić information content (AvgIpc) is 2.76. The van der Waals surface area contributed by atoms with Gasteiger partial charge in [-0.2, -0.15) is 0 Å². The molecule has 1 aromatic heterocycles. The topological polar surface area (TPSA) is 104 Å². The van der Waals surface area contributed by atoms with Gasteiger partial charge >= 0.3 is 17.7 Å². The van der Waals surface area contributed by atoms with E-state index in [0.717, 1.165) is 5.56 Å². The Kier molecular flexibility index (Phi) is 7.05.